The lowest BCUT2D eigenvalue weighted by Gasteiger charge is -2.08. The van der Waals surface area contributed by atoms with Crippen LogP contribution in [0.4, 0.5) is 5.00 Å². The summed E-state index contributed by atoms with van der Waals surface area (Å²) in [4.78, 5) is 31.5. The van der Waals surface area contributed by atoms with Gasteiger partial charge in [0, 0.05) is 16.8 Å². The van der Waals surface area contributed by atoms with Crippen LogP contribution in [0.15, 0.2) is 59.8 Å². The number of thioether (sulfide) groups is 1. The van der Waals surface area contributed by atoms with Crippen LogP contribution in [-0.4, -0.2) is 44.0 Å². The molecule has 39 heavy (non-hydrogen) atoms. The molecule has 3 heterocycles. The van der Waals surface area contributed by atoms with Crippen molar-refractivity contribution in [3.05, 3.63) is 76.2 Å². The molecule has 0 bridgehead atoms. The van der Waals surface area contributed by atoms with Crippen molar-refractivity contribution >= 4 is 62.0 Å². The first-order valence-electron chi connectivity index (χ1n) is 13.0. The topological polar surface area (TPSA) is 99.0 Å². The number of amides is 1. The third-order valence-corrected chi connectivity index (χ3v) is 8.85. The van der Waals surface area contributed by atoms with Crippen LogP contribution < -0.4 is 5.32 Å². The smallest absolute Gasteiger partial charge is 0.341 e. The molecule has 2 aromatic carbocycles. The van der Waals surface area contributed by atoms with Crippen LogP contribution >= 0.6 is 23.1 Å². The van der Waals surface area contributed by atoms with Crippen molar-refractivity contribution in [2.75, 3.05) is 17.7 Å². The highest BCUT2D eigenvalue weighted by molar-refractivity contribution is 7.99. The standard InChI is InChI=1S/C29H27N5O3S2/c1-2-37-28(36)24-20-12-8-14-22(20)39-27(24)30-23(35)17-38-29-31-26-25(32-33-29)19-11-6-7-13-21(19)34(26)16-15-18-9-4-3-5-10-18/h3-7,9-11,13H,2,8,12,14-17H2,1H3,(H,30,35). The average Bonchev–Trinajstić information content (AvgIpc) is 3.63. The molecule has 0 aliphatic heterocycles. The number of hydrogen-bond donors (Lipinski definition) is 1. The quantitative estimate of drug-likeness (QED) is 0.184. The fourth-order valence-electron chi connectivity index (χ4n) is 5.07. The second kappa shape index (κ2) is 11.2. The second-order valence-corrected chi connectivity index (χ2v) is 11.3. The summed E-state index contributed by atoms with van der Waals surface area (Å²) in [6.45, 7) is 2.82. The highest BCUT2D eigenvalue weighted by atomic mass is 32.2. The number of nitrogens with one attached hydrogen (secondary N) is 1. The number of nitrogens with zero attached hydrogens (tertiary/aromatic N) is 4. The predicted molar refractivity (Wildman–Crippen MR) is 155 cm³/mol. The number of carbonyl (C=O) groups is 2. The fraction of sp³-hybridized carbons (Fsp3) is 0.276. The van der Waals surface area contributed by atoms with Crippen molar-refractivity contribution in [1.82, 2.24) is 19.7 Å². The van der Waals surface area contributed by atoms with Gasteiger partial charge < -0.3 is 14.6 Å². The Kier molecular flexibility index (Phi) is 7.30. The van der Waals surface area contributed by atoms with E-state index in [1.165, 1.54) is 28.7 Å². The van der Waals surface area contributed by atoms with E-state index >= 15 is 0 Å². The molecule has 0 saturated carbocycles. The van der Waals surface area contributed by atoms with Gasteiger partial charge in [0.2, 0.25) is 11.1 Å². The van der Waals surface area contributed by atoms with Gasteiger partial charge in [-0.1, -0.05) is 60.3 Å². The van der Waals surface area contributed by atoms with Crippen LogP contribution in [0.5, 0.6) is 0 Å². The maximum Gasteiger partial charge on any atom is 0.341 e. The van der Waals surface area contributed by atoms with E-state index in [9.17, 15) is 9.59 Å². The molecule has 198 valence electrons. The fourth-order valence-corrected chi connectivity index (χ4v) is 6.94. The first-order chi connectivity index (χ1) is 19.1. The van der Waals surface area contributed by atoms with E-state index in [1.54, 1.807) is 6.92 Å². The molecule has 0 saturated heterocycles. The summed E-state index contributed by atoms with van der Waals surface area (Å²) in [5.74, 6) is -0.498. The first-order valence-corrected chi connectivity index (χ1v) is 14.8. The summed E-state index contributed by atoms with van der Waals surface area (Å²) in [6, 6.07) is 18.5. The minimum Gasteiger partial charge on any atom is -0.462 e. The Balaban J connectivity index is 1.21. The number of ether oxygens (including phenoxy) is 1. The summed E-state index contributed by atoms with van der Waals surface area (Å²) in [5, 5.41) is 13.8. The molecule has 3 aromatic heterocycles. The lowest BCUT2D eigenvalue weighted by molar-refractivity contribution is -0.113. The summed E-state index contributed by atoms with van der Waals surface area (Å²) >= 11 is 2.70. The Bertz CT molecular complexity index is 1680. The van der Waals surface area contributed by atoms with Crippen LogP contribution in [0.1, 0.15) is 39.7 Å². The van der Waals surface area contributed by atoms with Crippen molar-refractivity contribution < 1.29 is 14.3 Å². The number of hydrogen-bond acceptors (Lipinski definition) is 8. The summed E-state index contributed by atoms with van der Waals surface area (Å²) in [7, 11) is 0. The SMILES string of the molecule is CCOC(=O)c1c(NC(=O)CSc2nnc3c4ccccc4n(CCc4ccccc4)c3n2)sc2c1CCC2. The Morgan fingerprint density at radius 2 is 1.90 bits per heavy atom. The minimum absolute atomic E-state index is 0.0995. The van der Waals surface area contributed by atoms with Gasteiger partial charge in [0.25, 0.3) is 0 Å². The minimum atomic E-state index is -0.374. The van der Waals surface area contributed by atoms with Gasteiger partial charge in [-0.05, 0) is 49.8 Å². The monoisotopic (exact) mass is 557 g/mol. The number of esters is 1. The number of fused-ring (bicyclic) bond motifs is 4. The van der Waals surface area contributed by atoms with Gasteiger partial charge in [-0.15, -0.1) is 21.5 Å². The Morgan fingerprint density at radius 1 is 1.08 bits per heavy atom. The van der Waals surface area contributed by atoms with Gasteiger partial charge in [-0.2, -0.15) is 0 Å². The van der Waals surface area contributed by atoms with E-state index in [0.717, 1.165) is 64.7 Å². The maximum atomic E-state index is 12.9. The van der Waals surface area contributed by atoms with Crippen LogP contribution in [-0.2, 0) is 35.3 Å². The van der Waals surface area contributed by atoms with Crippen molar-refractivity contribution in [2.24, 2.45) is 0 Å². The number of thiophene rings is 1. The number of benzene rings is 2. The zero-order valence-electron chi connectivity index (χ0n) is 21.5. The highest BCUT2D eigenvalue weighted by Gasteiger charge is 2.28. The van der Waals surface area contributed by atoms with Crippen LogP contribution in [0.25, 0.3) is 22.1 Å². The second-order valence-electron chi connectivity index (χ2n) is 9.29. The van der Waals surface area contributed by atoms with Crippen molar-refractivity contribution in [1.29, 1.82) is 0 Å². The summed E-state index contributed by atoms with van der Waals surface area (Å²) in [6.07, 6.45) is 3.64. The zero-order valence-corrected chi connectivity index (χ0v) is 23.1. The lowest BCUT2D eigenvalue weighted by atomic mass is 10.1. The van der Waals surface area contributed by atoms with Gasteiger partial charge in [0.1, 0.15) is 10.5 Å². The molecule has 0 atom stereocenters. The van der Waals surface area contributed by atoms with Gasteiger partial charge in [0.15, 0.2) is 5.65 Å². The van der Waals surface area contributed by atoms with Crippen molar-refractivity contribution in [2.45, 2.75) is 44.3 Å². The van der Waals surface area contributed by atoms with E-state index in [0.29, 0.717) is 22.3 Å². The first kappa shape index (κ1) is 25.5. The van der Waals surface area contributed by atoms with Crippen LogP contribution in [0, 0.1) is 0 Å². The highest BCUT2D eigenvalue weighted by Crippen LogP contribution is 2.39. The van der Waals surface area contributed by atoms with E-state index < -0.39 is 0 Å². The molecule has 6 rings (SSSR count). The molecular weight excluding hydrogens is 530 g/mol. The Labute approximate surface area is 233 Å². The zero-order chi connectivity index (χ0) is 26.8. The number of anilines is 1. The third kappa shape index (κ3) is 5.14. The van der Waals surface area contributed by atoms with Crippen molar-refractivity contribution in [3.63, 3.8) is 0 Å². The van der Waals surface area contributed by atoms with Gasteiger partial charge >= 0.3 is 5.97 Å². The molecule has 1 aliphatic rings. The van der Waals surface area contributed by atoms with E-state index in [1.807, 2.05) is 36.4 Å². The molecular formula is C29H27N5O3S2. The van der Waals surface area contributed by atoms with Crippen molar-refractivity contribution in [3.8, 4) is 0 Å². The molecule has 5 aromatic rings. The predicted octanol–water partition coefficient (Wildman–Crippen LogP) is 5.68. The number of aromatic nitrogens is 4. The summed E-state index contributed by atoms with van der Waals surface area (Å²) in [5.41, 5.74) is 5.34. The molecule has 0 spiro atoms. The number of para-hydroxylation sites is 1. The van der Waals surface area contributed by atoms with Gasteiger partial charge in [0.05, 0.1) is 23.4 Å². The van der Waals surface area contributed by atoms with Gasteiger partial charge in [-0.3, -0.25) is 4.79 Å². The maximum absolute atomic E-state index is 12.9. The van der Waals surface area contributed by atoms with E-state index in [2.05, 4.69) is 38.3 Å². The normalized spacial score (nSPS) is 12.6. The number of aryl methyl sites for hydroxylation is 3. The Hall–Kier alpha value is -3.76. The largest absolute Gasteiger partial charge is 0.462 e. The molecule has 1 aliphatic carbocycles. The molecule has 1 N–H and O–H groups in total. The third-order valence-electron chi connectivity index (χ3n) is 6.81. The molecule has 1 amide bonds. The Morgan fingerprint density at radius 3 is 2.74 bits per heavy atom. The number of carbonyl (C=O) groups excluding carboxylic acids is 2. The van der Waals surface area contributed by atoms with E-state index in [-0.39, 0.29) is 17.6 Å². The molecule has 10 heteroatoms. The van der Waals surface area contributed by atoms with Crippen LogP contribution in [0.2, 0.25) is 0 Å². The number of rotatable bonds is 9. The molecule has 0 fully saturated rings. The van der Waals surface area contributed by atoms with Gasteiger partial charge in [-0.25, -0.2) is 9.78 Å². The summed E-state index contributed by atoms with van der Waals surface area (Å²) < 4.78 is 7.44. The lowest BCUT2D eigenvalue weighted by Crippen LogP contribution is -2.17. The van der Waals surface area contributed by atoms with E-state index in [4.69, 9.17) is 9.72 Å². The average molecular weight is 558 g/mol. The van der Waals surface area contributed by atoms with Crippen LogP contribution in [0.3, 0.4) is 0 Å². The molecule has 0 unspecified atom stereocenters. The molecule has 0 radical (unpaired) electrons. The molecule has 8 nitrogen and oxygen atoms in total.